The summed E-state index contributed by atoms with van der Waals surface area (Å²) >= 11 is 5.82. The van der Waals surface area contributed by atoms with E-state index in [-0.39, 0.29) is 5.78 Å². The van der Waals surface area contributed by atoms with Gasteiger partial charge in [-0.25, -0.2) is 0 Å². The van der Waals surface area contributed by atoms with Gasteiger partial charge in [0.05, 0.1) is 0 Å². The highest BCUT2D eigenvalue weighted by molar-refractivity contribution is 6.34. The summed E-state index contributed by atoms with van der Waals surface area (Å²) in [5, 5.41) is 7.85. The van der Waals surface area contributed by atoms with E-state index in [2.05, 4.69) is 10.2 Å². The number of carbonyl (C=O) groups is 1. The summed E-state index contributed by atoms with van der Waals surface area (Å²) in [5.74, 6) is -0.00577. The number of carbonyl (C=O) groups excluding carboxylic acids is 1. The van der Waals surface area contributed by atoms with Crippen LogP contribution in [0.3, 0.4) is 0 Å². The van der Waals surface area contributed by atoms with Crippen molar-refractivity contribution >= 4 is 28.3 Å². The summed E-state index contributed by atoms with van der Waals surface area (Å²) in [7, 11) is 0. The number of rotatable bonds is 1. The smallest absolute Gasteiger partial charge is 0.162 e. The predicted molar refractivity (Wildman–Crippen MR) is 51.1 cm³/mol. The molecule has 0 aliphatic carbocycles. The second-order valence-electron chi connectivity index (χ2n) is 2.80. The van der Waals surface area contributed by atoms with Gasteiger partial charge in [0.15, 0.2) is 5.78 Å². The Bertz CT molecular complexity index is 475. The number of Topliss-reactive ketones (excluding diaryl/α,β-unsaturated/α-hetero) is 1. The molecule has 0 aliphatic heterocycles. The zero-order valence-corrected chi connectivity index (χ0v) is 7.72. The van der Waals surface area contributed by atoms with E-state index < -0.39 is 0 Å². The van der Waals surface area contributed by atoms with Crippen LogP contribution >= 0.6 is 11.6 Å². The molecule has 1 N–H and O–H groups in total. The number of halogens is 1. The van der Waals surface area contributed by atoms with Gasteiger partial charge in [-0.3, -0.25) is 9.89 Å². The Morgan fingerprint density at radius 2 is 2.31 bits per heavy atom. The molecule has 1 aromatic carbocycles. The topological polar surface area (TPSA) is 45.8 Å². The van der Waals surface area contributed by atoms with Gasteiger partial charge in [0, 0.05) is 10.9 Å². The Hall–Kier alpha value is -1.35. The van der Waals surface area contributed by atoms with E-state index in [1.807, 2.05) is 6.07 Å². The third-order valence-corrected chi connectivity index (χ3v) is 2.21. The third kappa shape index (κ3) is 1.21. The Morgan fingerprint density at radius 3 is 3.00 bits per heavy atom. The van der Waals surface area contributed by atoms with Gasteiger partial charge >= 0.3 is 0 Å². The van der Waals surface area contributed by atoms with Crippen LogP contribution in [0.25, 0.3) is 10.9 Å². The number of benzene rings is 1. The minimum Gasteiger partial charge on any atom is -0.294 e. The molecular formula is C9H7ClN2O. The first-order valence-electron chi connectivity index (χ1n) is 3.83. The van der Waals surface area contributed by atoms with Crippen LogP contribution in [0.2, 0.25) is 5.15 Å². The zero-order valence-electron chi connectivity index (χ0n) is 6.97. The lowest BCUT2D eigenvalue weighted by Crippen LogP contribution is -1.92. The van der Waals surface area contributed by atoms with Crippen molar-refractivity contribution in [2.24, 2.45) is 0 Å². The van der Waals surface area contributed by atoms with Crippen molar-refractivity contribution in [3.8, 4) is 0 Å². The van der Waals surface area contributed by atoms with Crippen molar-refractivity contribution in [1.29, 1.82) is 0 Å². The Labute approximate surface area is 79.7 Å². The normalized spacial score (nSPS) is 10.6. The summed E-state index contributed by atoms with van der Waals surface area (Å²) in [6.45, 7) is 1.51. The van der Waals surface area contributed by atoms with E-state index >= 15 is 0 Å². The van der Waals surface area contributed by atoms with E-state index in [1.54, 1.807) is 12.1 Å². The van der Waals surface area contributed by atoms with Crippen LogP contribution < -0.4 is 0 Å². The predicted octanol–water partition coefficient (Wildman–Crippen LogP) is 2.42. The molecule has 66 valence electrons. The number of para-hydroxylation sites is 1. The first-order chi connectivity index (χ1) is 6.20. The Morgan fingerprint density at radius 1 is 1.54 bits per heavy atom. The molecule has 1 aromatic heterocycles. The maximum Gasteiger partial charge on any atom is 0.162 e. The molecule has 0 aliphatic rings. The average molecular weight is 195 g/mol. The molecule has 13 heavy (non-hydrogen) atoms. The number of hydrogen-bond donors (Lipinski definition) is 1. The lowest BCUT2D eigenvalue weighted by atomic mass is 10.1. The quantitative estimate of drug-likeness (QED) is 0.709. The zero-order chi connectivity index (χ0) is 9.42. The van der Waals surface area contributed by atoms with Crippen LogP contribution in [-0.4, -0.2) is 16.0 Å². The van der Waals surface area contributed by atoms with Crippen LogP contribution in [-0.2, 0) is 0 Å². The van der Waals surface area contributed by atoms with Gasteiger partial charge < -0.3 is 0 Å². The molecule has 4 heteroatoms. The van der Waals surface area contributed by atoms with Crippen molar-refractivity contribution in [1.82, 2.24) is 10.2 Å². The van der Waals surface area contributed by atoms with Crippen molar-refractivity contribution < 1.29 is 4.79 Å². The highest BCUT2D eigenvalue weighted by Gasteiger charge is 2.09. The Kier molecular flexibility index (Phi) is 1.81. The fraction of sp³-hybridized carbons (Fsp3) is 0.111. The lowest BCUT2D eigenvalue weighted by Gasteiger charge is -1.94. The number of aromatic nitrogens is 2. The number of ketones is 1. The number of hydrogen-bond acceptors (Lipinski definition) is 2. The molecule has 0 atom stereocenters. The number of aromatic amines is 1. The molecule has 2 aromatic rings. The molecule has 0 unspecified atom stereocenters. The Balaban J connectivity index is 2.84. The molecule has 0 saturated carbocycles. The van der Waals surface area contributed by atoms with Crippen LogP contribution in [0.5, 0.6) is 0 Å². The molecule has 0 spiro atoms. The molecule has 1 heterocycles. The molecule has 0 bridgehead atoms. The van der Waals surface area contributed by atoms with Crippen LogP contribution in [0, 0.1) is 0 Å². The summed E-state index contributed by atoms with van der Waals surface area (Å²) < 4.78 is 0. The number of nitrogens with one attached hydrogen (secondary N) is 1. The molecule has 0 fully saturated rings. The van der Waals surface area contributed by atoms with Crippen molar-refractivity contribution in [2.75, 3.05) is 0 Å². The highest BCUT2D eigenvalue weighted by Crippen LogP contribution is 2.23. The van der Waals surface area contributed by atoms with Gasteiger partial charge in [-0.1, -0.05) is 17.7 Å². The van der Waals surface area contributed by atoms with Crippen LogP contribution in [0.4, 0.5) is 0 Å². The van der Waals surface area contributed by atoms with E-state index in [4.69, 9.17) is 11.6 Å². The van der Waals surface area contributed by atoms with Gasteiger partial charge in [0.2, 0.25) is 0 Å². The molecule has 0 radical (unpaired) electrons. The van der Waals surface area contributed by atoms with E-state index in [0.29, 0.717) is 16.2 Å². The van der Waals surface area contributed by atoms with Crippen molar-refractivity contribution in [3.63, 3.8) is 0 Å². The lowest BCUT2D eigenvalue weighted by molar-refractivity contribution is 0.101. The minimum atomic E-state index is -0.00577. The standard InChI is InChI=1S/C9H7ClN2O/c1-5(13)6-3-2-4-7-8(6)11-12-9(7)10/h2-4H,1H3,(H,11,12). The second kappa shape index (κ2) is 2.85. The van der Waals surface area contributed by atoms with Crippen LogP contribution in [0.1, 0.15) is 17.3 Å². The molecule has 2 rings (SSSR count). The van der Waals surface area contributed by atoms with Gasteiger partial charge in [0.1, 0.15) is 10.7 Å². The molecular weight excluding hydrogens is 188 g/mol. The minimum absolute atomic E-state index is 0.00577. The fourth-order valence-corrected chi connectivity index (χ4v) is 1.49. The summed E-state index contributed by atoms with van der Waals surface area (Å²) in [6, 6.07) is 5.36. The second-order valence-corrected chi connectivity index (χ2v) is 3.17. The maximum absolute atomic E-state index is 11.2. The van der Waals surface area contributed by atoms with Crippen molar-refractivity contribution in [2.45, 2.75) is 6.92 Å². The van der Waals surface area contributed by atoms with Gasteiger partial charge in [0.25, 0.3) is 0 Å². The first-order valence-corrected chi connectivity index (χ1v) is 4.21. The number of nitrogens with zero attached hydrogens (tertiary/aromatic N) is 1. The summed E-state index contributed by atoms with van der Waals surface area (Å²) in [4.78, 5) is 11.2. The van der Waals surface area contributed by atoms with E-state index in [1.165, 1.54) is 6.92 Å². The van der Waals surface area contributed by atoms with E-state index in [0.717, 1.165) is 5.39 Å². The molecule has 3 nitrogen and oxygen atoms in total. The highest BCUT2D eigenvalue weighted by atomic mass is 35.5. The largest absolute Gasteiger partial charge is 0.294 e. The summed E-state index contributed by atoms with van der Waals surface area (Å²) in [6.07, 6.45) is 0. The fourth-order valence-electron chi connectivity index (χ4n) is 1.29. The number of fused-ring (bicyclic) bond motifs is 1. The van der Waals surface area contributed by atoms with Crippen LogP contribution in [0.15, 0.2) is 18.2 Å². The van der Waals surface area contributed by atoms with Gasteiger partial charge in [-0.05, 0) is 19.1 Å². The van der Waals surface area contributed by atoms with Gasteiger partial charge in [-0.2, -0.15) is 5.10 Å². The number of H-pyrrole nitrogens is 1. The molecule has 0 saturated heterocycles. The van der Waals surface area contributed by atoms with E-state index in [9.17, 15) is 4.79 Å². The monoisotopic (exact) mass is 194 g/mol. The van der Waals surface area contributed by atoms with Gasteiger partial charge in [-0.15, -0.1) is 0 Å². The SMILES string of the molecule is CC(=O)c1cccc2c(Cl)[nH]nc12. The maximum atomic E-state index is 11.2. The summed E-state index contributed by atoms with van der Waals surface area (Å²) in [5.41, 5.74) is 1.24. The average Bonchev–Trinajstić information content (AvgIpc) is 2.48. The molecule has 0 amide bonds. The van der Waals surface area contributed by atoms with Crippen molar-refractivity contribution in [3.05, 3.63) is 28.9 Å². The third-order valence-electron chi connectivity index (χ3n) is 1.92. The first kappa shape index (κ1) is 8.26.